The number of carboxylic acid groups (broad SMARTS) is 1. The van der Waals surface area contributed by atoms with Gasteiger partial charge in [-0.3, -0.25) is 0 Å². The molecule has 0 fully saturated rings. The highest BCUT2D eigenvalue weighted by Gasteiger charge is 2.38. The summed E-state index contributed by atoms with van der Waals surface area (Å²) >= 11 is 0. The van der Waals surface area contributed by atoms with Crippen molar-refractivity contribution >= 4 is 5.97 Å². The molecule has 132 valence electrons. The smallest absolute Gasteiger partial charge is 0.349 e. The quantitative estimate of drug-likeness (QED) is 0.805. The summed E-state index contributed by atoms with van der Waals surface area (Å²) in [6, 6.07) is 12.0. The van der Waals surface area contributed by atoms with E-state index in [1.165, 1.54) is 14.2 Å². The number of hydrogen-bond acceptors (Lipinski definition) is 6. The van der Waals surface area contributed by atoms with E-state index in [0.29, 0.717) is 28.6 Å². The zero-order valence-corrected chi connectivity index (χ0v) is 13.8. The van der Waals surface area contributed by atoms with Crippen LogP contribution in [0.25, 0.3) is 0 Å². The van der Waals surface area contributed by atoms with Crippen molar-refractivity contribution in [2.45, 2.75) is 12.2 Å². The van der Waals surface area contributed by atoms with Crippen LogP contribution in [-0.2, 0) is 9.53 Å². The molecule has 0 aliphatic carbocycles. The Kier molecular flexibility index (Phi) is 4.95. The maximum atomic E-state index is 11.6. The molecule has 3 rings (SSSR count). The maximum Gasteiger partial charge on any atom is 0.349 e. The predicted octanol–water partition coefficient (Wildman–Crippen LogP) is 2.64. The number of carboxylic acids is 1. The second-order valence-corrected chi connectivity index (χ2v) is 5.32. The van der Waals surface area contributed by atoms with Gasteiger partial charge in [0.05, 0.1) is 7.11 Å². The van der Waals surface area contributed by atoms with Gasteiger partial charge in [0, 0.05) is 12.7 Å². The van der Waals surface area contributed by atoms with E-state index in [2.05, 4.69) is 0 Å². The van der Waals surface area contributed by atoms with Gasteiger partial charge >= 0.3 is 5.97 Å². The number of rotatable bonds is 6. The molecule has 1 N–H and O–H groups in total. The molecular weight excluding hydrogens is 328 g/mol. The third-order valence-electron chi connectivity index (χ3n) is 3.72. The summed E-state index contributed by atoms with van der Waals surface area (Å²) in [5.74, 6) is 0.707. The molecule has 25 heavy (non-hydrogen) atoms. The number of methoxy groups -OCH3 is 2. The Balaban J connectivity index is 1.94. The molecule has 2 unspecified atom stereocenters. The van der Waals surface area contributed by atoms with Gasteiger partial charge in [-0.15, -0.1) is 0 Å². The molecule has 1 aliphatic heterocycles. The summed E-state index contributed by atoms with van der Waals surface area (Å²) in [4.78, 5) is 11.6. The molecule has 7 nitrogen and oxygen atoms in total. The van der Waals surface area contributed by atoms with Gasteiger partial charge in [-0.1, -0.05) is 18.2 Å². The van der Waals surface area contributed by atoms with Crippen molar-refractivity contribution in [2.24, 2.45) is 0 Å². The third kappa shape index (κ3) is 3.46. The van der Waals surface area contributed by atoms with E-state index in [1.807, 2.05) is 0 Å². The summed E-state index contributed by atoms with van der Waals surface area (Å²) in [6.45, 7) is 0.0733. The van der Waals surface area contributed by atoms with E-state index in [4.69, 9.17) is 23.7 Å². The molecule has 0 saturated heterocycles. The Bertz CT molecular complexity index is 759. The Morgan fingerprint density at radius 1 is 1.08 bits per heavy atom. The van der Waals surface area contributed by atoms with Crippen LogP contribution in [-0.4, -0.2) is 38.2 Å². The number of aliphatic carboxylic acids is 1. The fraction of sp³-hybridized carbons (Fsp3) is 0.278. The number of carbonyl (C=O) groups is 1. The summed E-state index contributed by atoms with van der Waals surface area (Å²) in [6.07, 6.45) is -2.00. The number of benzene rings is 2. The zero-order valence-electron chi connectivity index (χ0n) is 13.8. The highest BCUT2D eigenvalue weighted by Crippen LogP contribution is 2.41. The molecule has 0 saturated carbocycles. The third-order valence-corrected chi connectivity index (χ3v) is 3.72. The number of ether oxygens (including phenoxy) is 5. The molecule has 1 heterocycles. The average Bonchev–Trinajstić information content (AvgIpc) is 2.65. The number of fused-ring (bicyclic) bond motifs is 1. The van der Waals surface area contributed by atoms with Crippen LogP contribution >= 0.6 is 0 Å². The standard InChI is InChI=1S/C18H18O7/c1-21-10-23-12-8-7-11(9-15(12)22-2)16-17(18(19)20)25-14-6-4-3-5-13(14)24-16/h3-9,16-17H,10H2,1-2H3,(H,19,20). The number of para-hydroxylation sites is 2. The number of hydrogen-bond donors (Lipinski definition) is 1. The van der Waals surface area contributed by atoms with Crippen LogP contribution in [0.15, 0.2) is 42.5 Å². The Morgan fingerprint density at radius 2 is 1.80 bits per heavy atom. The molecule has 2 aromatic carbocycles. The normalized spacial score (nSPS) is 18.5. The first-order valence-corrected chi connectivity index (χ1v) is 7.59. The lowest BCUT2D eigenvalue weighted by molar-refractivity contribution is -0.151. The minimum atomic E-state index is -1.18. The minimum Gasteiger partial charge on any atom is -0.493 e. The lowest BCUT2D eigenvalue weighted by atomic mass is 10.0. The van der Waals surface area contributed by atoms with E-state index >= 15 is 0 Å². The molecule has 0 spiro atoms. The molecule has 0 bridgehead atoms. The summed E-state index contributed by atoms with van der Waals surface area (Å²) in [5, 5.41) is 9.52. The first kappa shape index (κ1) is 16.9. The minimum absolute atomic E-state index is 0.0733. The van der Waals surface area contributed by atoms with Crippen LogP contribution in [0.2, 0.25) is 0 Å². The highest BCUT2D eigenvalue weighted by atomic mass is 16.7. The largest absolute Gasteiger partial charge is 0.493 e. The lowest BCUT2D eigenvalue weighted by Gasteiger charge is -2.32. The van der Waals surface area contributed by atoms with E-state index in [-0.39, 0.29) is 6.79 Å². The summed E-state index contributed by atoms with van der Waals surface area (Å²) < 4.78 is 27.1. The van der Waals surface area contributed by atoms with Crippen molar-refractivity contribution in [2.75, 3.05) is 21.0 Å². The van der Waals surface area contributed by atoms with Crippen molar-refractivity contribution < 1.29 is 33.6 Å². The SMILES string of the molecule is COCOc1ccc(C2Oc3ccccc3OC2C(=O)O)cc1OC. The van der Waals surface area contributed by atoms with Crippen molar-refractivity contribution in [3.63, 3.8) is 0 Å². The maximum absolute atomic E-state index is 11.6. The van der Waals surface area contributed by atoms with Crippen LogP contribution < -0.4 is 18.9 Å². The van der Waals surface area contributed by atoms with Gasteiger partial charge in [-0.25, -0.2) is 4.79 Å². The first-order chi connectivity index (χ1) is 12.1. The van der Waals surface area contributed by atoms with Crippen LogP contribution in [0, 0.1) is 0 Å². The van der Waals surface area contributed by atoms with Gasteiger partial charge < -0.3 is 28.8 Å². The summed E-state index contributed by atoms with van der Waals surface area (Å²) in [5.41, 5.74) is 0.600. The van der Waals surface area contributed by atoms with Gasteiger partial charge in [0.15, 0.2) is 35.9 Å². The topological polar surface area (TPSA) is 83.5 Å². The van der Waals surface area contributed by atoms with Gasteiger partial charge in [0.1, 0.15) is 0 Å². The van der Waals surface area contributed by atoms with Gasteiger partial charge in [0.2, 0.25) is 6.10 Å². The van der Waals surface area contributed by atoms with Crippen LogP contribution in [0.4, 0.5) is 0 Å². The first-order valence-electron chi connectivity index (χ1n) is 7.59. The van der Waals surface area contributed by atoms with E-state index < -0.39 is 18.2 Å². The van der Waals surface area contributed by atoms with Crippen LogP contribution in [0.3, 0.4) is 0 Å². The zero-order chi connectivity index (χ0) is 17.8. The van der Waals surface area contributed by atoms with Gasteiger partial charge in [-0.05, 0) is 24.3 Å². The van der Waals surface area contributed by atoms with E-state index in [0.717, 1.165) is 0 Å². The van der Waals surface area contributed by atoms with E-state index in [9.17, 15) is 9.90 Å². The van der Waals surface area contributed by atoms with E-state index in [1.54, 1.807) is 42.5 Å². The molecule has 0 aromatic heterocycles. The molecule has 2 aromatic rings. The Hall–Kier alpha value is -2.93. The van der Waals surface area contributed by atoms with Gasteiger partial charge in [-0.2, -0.15) is 0 Å². The molecule has 2 atom stereocenters. The van der Waals surface area contributed by atoms with Crippen LogP contribution in [0.1, 0.15) is 11.7 Å². The predicted molar refractivity (Wildman–Crippen MR) is 87.4 cm³/mol. The van der Waals surface area contributed by atoms with Crippen molar-refractivity contribution in [1.82, 2.24) is 0 Å². The van der Waals surface area contributed by atoms with Crippen molar-refractivity contribution in [3.8, 4) is 23.0 Å². The molecule has 7 heteroatoms. The Morgan fingerprint density at radius 3 is 2.44 bits per heavy atom. The molecule has 1 aliphatic rings. The highest BCUT2D eigenvalue weighted by molar-refractivity contribution is 5.75. The summed E-state index contributed by atoms with van der Waals surface area (Å²) in [7, 11) is 3.02. The second-order valence-electron chi connectivity index (χ2n) is 5.32. The second kappa shape index (κ2) is 7.31. The van der Waals surface area contributed by atoms with Crippen LogP contribution in [0.5, 0.6) is 23.0 Å². The fourth-order valence-electron chi connectivity index (χ4n) is 2.57. The fourth-order valence-corrected chi connectivity index (χ4v) is 2.57. The monoisotopic (exact) mass is 346 g/mol. The van der Waals surface area contributed by atoms with Gasteiger partial charge in [0.25, 0.3) is 0 Å². The van der Waals surface area contributed by atoms with Crippen molar-refractivity contribution in [1.29, 1.82) is 0 Å². The lowest BCUT2D eigenvalue weighted by Crippen LogP contribution is -2.39. The molecule has 0 radical (unpaired) electrons. The molecule has 0 amide bonds. The average molecular weight is 346 g/mol. The van der Waals surface area contributed by atoms with Crippen molar-refractivity contribution in [3.05, 3.63) is 48.0 Å². The Labute approximate surface area is 144 Å². The molecular formula is C18H18O7.